The number of carbonyl (C=O) groups is 1. The first kappa shape index (κ1) is 20.0. The van der Waals surface area contributed by atoms with Crippen molar-refractivity contribution in [2.45, 2.75) is 30.6 Å². The zero-order valence-electron chi connectivity index (χ0n) is 17.0. The van der Waals surface area contributed by atoms with Crippen LogP contribution in [0.5, 0.6) is 0 Å². The predicted octanol–water partition coefficient (Wildman–Crippen LogP) is 6.12. The van der Waals surface area contributed by atoms with Crippen LogP contribution in [-0.4, -0.2) is 5.91 Å². The van der Waals surface area contributed by atoms with Gasteiger partial charge in [0.15, 0.2) is 0 Å². The van der Waals surface area contributed by atoms with Crippen LogP contribution < -0.4 is 10.9 Å². The second-order valence-electron chi connectivity index (χ2n) is 7.40. The molecule has 4 aromatic rings. The summed E-state index contributed by atoms with van der Waals surface area (Å²) in [4.78, 5) is 26.5. The largest absolute Gasteiger partial charge is 0.422 e. The summed E-state index contributed by atoms with van der Waals surface area (Å²) in [6.07, 6.45) is 0. The monoisotopic (exact) mass is 415 g/mol. The molecule has 4 nitrogen and oxygen atoms in total. The Bertz CT molecular complexity index is 1290. The minimum Gasteiger partial charge on any atom is -0.422 e. The van der Waals surface area contributed by atoms with Gasteiger partial charge in [-0.05, 0) is 80.4 Å². The molecule has 0 radical (unpaired) electrons. The summed E-state index contributed by atoms with van der Waals surface area (Å²) in [5.41, 5.74) is 4.65. The molecule has 0 saturated heterocycles. The van der Waals surface area contributed by atoms with E-state index in [2.05, 4.69) is 11.4 Å². The maximum Gasteiger partial charge on any atom is 0.350 e. The number of aryl methyl sites for hydroxylation is 3. The van der Waals surface area contributed by atoms with E-state index in [9.17, 15) is 9.59 Å². The van der Waals surface area contributed by atoms with Gasteiger partial charge in [0.05, 0.1) is 4.90 Å². The molecule has 1 heterocycles. The Balaban J connectivity index is 1.63. The van der Waals surface area contributed by atoms with Crippen molar-refractivity contribution in [3.63, 3.8) is 0 Å². The first-order chi connectivity index (χ1) is 14.4. The lowest BCUT2D eigenvalue weighted by Crippen LogP contribution is -2.12. The zero-order chi connectivity index (χ0) is 21.3. The number of hydrogen-bond acceptors (Lipinski definition) is 4. The van der Waals surface area contributed by atoms with Crippen molar-refractivity contribution < 1.29 is 9.21 Å². The van der Waals surface area contributed by atoms with Crippen molar-refractivity contribution >= 4 is 34.3 Å². The number of rotatable bonds is 4. The third-order valence-electron chi connectivity index (χ3n) is 4.69. The molecule has 150 valence electrons. The van der Waals surface area contributed by atoms with Gasteiger partial charge in [-0.15, -0.1) is 0 Å². The molecular weight excluding hydrogens is 394 g/mol. The van der Waals surface area contributed by atoms with Gasteiger partial charge < -0.3 is 9.73 Å². The van der Waals surface area contributed by atoms with Crippen molar-refractivity contribution in [1.29, 1.82) is 0 Å². The Labute approximate surface area is 178 Å². The van der Waals surface area contributed by atoms with Crippen LogP contribution >= 0.6 is 11.8 Å². The van der Waals surface area contributed by atoms with Crippen molar-refractivity contribution in [2.24, 2.45) is 0 Å². The minimum atomic E-state index is -0.388. The fraction of sp³-hybridized carbons (Fsp3) is 0.120. The number of fused-ring (bicyclic) bond motifs is 1. The summed E-state index contributed by atoms with van der Waals surface area (Å²) in [6, 6.07) is 20.7. The van der Waals surface area contributed by atoms with E-state index in [1.807, 2.05) is 57.2 Å². The molecule has 0 bridgehead atoms. The molecule has 0 aliphatic rings. The van der Waals surface area contributed by atoms with Gasteiger partial charge in [0, 0.05) is 21.5 Å². The second kappa shape index (κ2) is 8.20. The Morgan fingerprint density at radius 3 is 2.23 bits per heavy atom. The van der Waals surface area contributed by atoms with Crippen LogP contribution in [0, 0.1) is 20.8 Å². The average Bonchev–Trinajstić information content (AvgIpc) is 2.69. The molecule has 0 atom stereocenters. The van der Waals surface area contributed by atoms with E-state index in [0.29, 0.717) is 21.4 Å². The van der Waals surface area contributed by atoms with E-state index in [1.54, 1.807) is 24.3 Å². The summed E-state index contributed by atoms with van der Waals surface area (Å²) in [7, 11) is 0. The molecule has 0 aliphatic carbocycles. The van der Waals surface area contributed by atoms with Gasteiger partial charge in [-0.2, -0.15) is 0 Å². The van der Waals surface area contributed by atoms with Gasteiger partial charge >= 0.3 is 5.63 Å². The van der Waals surface area contributed by atoms with E-state index in [-0.39, 0.29) is 11.5 Å². The van der Waals surface area contributed by atoms with Crippen LogP contribution in [-0.2, 0) is 0 Å². The third-order valence-corrected chi connectivity index (χ3v) is 5.70. The smallest absolute Gasteiger partial charge is 0.350 e. The van der Waals surface area contributed by atoms with E-state index in [4.69, 9.17) is 4.42 Å². The number of nitrogens with one attached hydrogen (secondary N) is 1. The number of hydrogen-bond donors (Lipinski definition) is 1. The quantitative estimate of drug-likeness (QED) is 0.408. The lowest BCUT2D eigenvalue weighted by molar-refractivity contribution is 0.102. The van der Waals surface area contributed by atoms with Crippen molar-refractivity contribution in [3.8, 4) is 0 Å². The first-order valence-corrected chi connectivity index (χ1v) is 10.4. The van der Waals surface area contributed by atoms with Crippen molar-refractivity contribution in [2.75, 3.05) is 5.32 Å². The highest BCUT2D eigenvalue weighted by Crippen LogP contribution is 2.28. The van der Waals surface area contributed by atoms with Gasteiger partial charge in [-0.3, -0.25) is 4.79 Å². The molecule has 0 aliphatic heterocycles. The number of amides is 1. The normalized spacial score (nSPS) is 10.9. The fourth-order valence-corrected chi connectivity index (χ4v) is 4.14. The molecule has 3 aromatic carbocycles. The fourth-order valence-electron chi connectivity index (χ4n) is 3.30. The molecule has 0 unspecified atom stereocenters. The van der Waals surface area contributed by atoms with Crippen molar-refractivity contribution in [3.05, 3.63) is 99.4 Å². The lowest BCUT2D eigenvalue weighted by atomic mass is 10.1. The molecule has 0 fully saturated rings. The van der Waals surface area contributed by atoms with Gasteiger partial charge in [-0.25, -0.2) is 4.79 Å². The molecule has 5 heteroatoms. The number of carbonyl (C=O) groups excluding carboxylic acids is 1. The molecule has 30 heavy (non-hydrogen) atoms. The van der Waals surface area contributed by atoms with Gasteiger partial charge in [-0.1, -0.05) is 35.5 Å². The SMILES string of the molecule is Cc1ccc(Sc2cc3cc(C(=O)Nc4cc(C)cc(C)c4)ccc3oc2=O)cc1. The van der Waals surface area contributed by atoms with E-state index >= 15 is 0 Å². The van der Waals surface area contributed by atoms with Crippen molar-refractivity contribution in [1.82, 2.24) is 0 Å². The third kappa shape index (κ3) is 4.47. The number of anilines is 1. The standard InChI is InChI=1S/C25H21NO3S/c1-15-4-7-21(8-5-15)30-23-14-19-13-18(6-9-22(19)29-25(23)28)24(27)26-20-11-16(2)10-17(3)12-20/h4-14H,1-3H3,(H,26,27). The Kier molecular flexibility index (Phi) is 5.46. The summed E-state index contributed by atoms with van der Waals surface area (Å²) in [5, 5.41) is 3.65. The van der Waals surface area contributed by atoms with Crippen LogP contribution in [0.2, 0.25) is 0 Å². The van der Waals surface area contributed by atoms with E-state index in [0.717, 1.165) is 27.3 Å². The molecule has 1 amide bonds. The maximum absolute atomic E-state index is 12.7. The minimum absolute atomic E-state index is 0.208. The van der Waals surface area contributed by atoms with Crippen LogP contribution in [0.3, 0.4) is 0 Å². The highest BCUT2D eigenvalue weighted by Gasteiger charge is 2.12. The predicted molar refractivity (Wildman–Crippen MR) is 122 cm³/mol. The summed E-state index contributed by atoms with van der Waals surface area (Å²) >= 11 is 1.35. The summed E-state index contributed by atoms with van der Waals surface area (Å²) in [5.74, 6) is -0.208. The van der Waals surface area contributed by atoms with Gasteiger partial charge in [0.1, 0.15) is 5.58 Å². The molecule has 1 N–H and O–H groups in total. The highest BCUT2D eigenvalue weighted by atomic mass is 32.2. The van der Waals surface area contributed by atoms with E-state index in [1.165, 1.54) is 11.8 Å². The number of benzene rings is 3. The topological polar surface area (TPSA) is 59.3 Å². The summed E-state index contributed by atoms with van der Waals surface area (Å²) < 4.78 is 5.47. The Morgan fingerprint density at radius 2 is 1.53 bits per heavy atom. The molecular formula is C25H21NO3S. The van der Waals surface area contributed by atoms with Crippen LogP contribution in [0.4, 0.5) is 5.69 Å². The first-order valence-electron chi connectivity index (χ1n) is 9.59. The molecule has 0 spiro atoms. The van der Waals surface area contributed by atoms with Gasteiger partial charge in [0.2, 0.25) is 0 Å². The molecule has 0 saturated carbocycles. The summed E-state index contributed by atoms with van der Waals surface area (Å²) in [6.45, 7) is 6.01. The lowest BCUT2D eigenvalue weighted by Gasteiger charge is -2.09. The molecule has 4 rings (SSSR count). The van der Waals surface area contributed by atoms with Crippen LogP contribution in [0.25, 0.3) is 11.0 Å². The maximum atomic E-state index is 12.7. The Hall–Kier alpha value is -3.31. The average molecular weight is 416 g/mol. The Morgan fingerprint density at radius 1 is 0.833 bits per heavy atom. The van der Waals surface area contributed by atoms with Crippen LogP contribution in [0.1, 0.15) is 27.0 Å². The highest BCUT2D eigenvalue weighted by molar-refractivity contribution is 7.99. The zero-order valence-corrected chi connectivity index (χ0v) is 17.8. The van der Waals surface area contributed by atoms with E-state index < -0.39 is 0 Å². The van der Waals surface area contributed by atoms with Gasteiger partial charge in [0.25, 0.3) is 5.91 Å². The second-order valence-corrected chi connectivity index (χ2v) is 8.51. The molecule has 1 aromatic heterocycles. The van der Waals surface area contributed by atoms with Crippen LogP contribution in [0.15, 0.2) is 85.7 Å².